The van der Waals surface area contributed by atoms with E-state index < -0.39 is 4.92 Å². The van der Waals surface area contributed by atoms with E-state index in [1.54, 1.807) is 24.4 Å². The highest BCUT2D eigenvalue weighted by atomic mass is 79.9. The lowest BCUT2D eigenvalue weighted by Crippen LogP contribution is -2.00. The van der Waals surface area contributed by atoms with E-state index in [1.807, 2.05) is 0 Å². The minimum atomic E-state index is -0.404. The van der Waals surface area contributed by atoms with Crippen LogP contribution in [0.2, 0.25) is 0 Å². The number of ether oxygens (including phenoxy) is 1. The molecule has 0 N–H and O–H groups in total. The predicted octanol–water partition coefficient (Wildman–Crippen LogP) is 3.70. The van der Waals surface area contributed by atoms with Gasteiger partial charge < -0.3 is 4.74 Å². The summed E-state index contributed by atoms with van der Waals surface area (Å²) in [7, 11) is 0. The molecular weight excluding hydrogens is 312 g/mol. The van der Waals surface area contributed by atoms with Crippen LogP contribution in [-0.4, -0.2) is 21.8 Å². The van der Waals surface area contributed by atoms with Gasteiger partial charge in [0.25, 0.3) is 5.69 Å². The summed E-state index contributed by atoms with van der Waals surface area (Å²) in [5.41, 5.74) is 0.589. The summed E-state index contributed by atoms with van der Waals surface area (Å²) >= 11 is 3.36. The average molecular weight is 325 g/mol. The fourth-order valence-corrected chi connectivity index (χ4v) is 2.18. The zero-order chi connectivity index (χ0) is 13.7. The zero-order valence-electron chi connectivity index (χ0n) is 10.2. The minimum Gasteiger partial charge on any atom is -0.491 e. The van der Waals surface area contributed by atoms with Crippen molar-refractivity contribution in [2.75, 3.05) is 11.9 Å². The van der Waals surface area contributed by atoms with E-state index in [0.29, 0.717) is 23.3 Å². The van der Waals surface area contributed by atoms with Gasteiger partial charge in [0.1, 0.15) is 11.3 Å². The third kappa shape index (κ3) is 3.20. The number of halogens is 1. The van der Waals surface area contributed by atoms with E-state index in [1.165, 1.54) is 6.07 Å². The number of unbranched alkanes of at least 4 members (excludes halogenated alkanes) is 1. The topological polar surface area (TPSA) is 65.3 Å². The van der Waals surface area contributed by atoms with Gasteiger partial charge in [0, 0.05) is 17.6 Å². The van der Waals surface area contributed by atoms with Crippen LogP contribution in [0.3, 0.4) is 0 Å². The van der Waals surface area contributed by atoms with Crippen LogP contribution in [0.4, 0.5) is 5.69 Å². The molecule has 0 spiro atoms. The Kier molecular flexibility index (Phi) is 4.68. The average Bonchev–Trinajstić information content (AvgIpc) is 2.43. The first-order valence-electron chi connectivity index (χ1n) is 5.95. The second-order valence-corrected chi connectivity index (χ2v) is 4.78. The van der Waals surface area contributed by atoms with Crippen molar-refractivity contribution in [1.29, 1.82) is 0 Å². The van der Waals surface area contributed by atoms with Crippen LogP contribution >= 0.6 is 15.9 Å². The molecule has 0 aliphatic heterocycles. The molecule has 2 rings (SSSR count). The number of nitro benzene ring substituents is 1. The van der Waals surface area contributed by atoms with E-state index in [4.69, 9.17) is 4.74 Å². The molecule has 19 heavy (non-hydrogen) atoms. The highest BCUT2D eigenvalue weighted by Crippen LogP contribution is 2.31. The Morgan fingerprint density at radius 2 is 2.16 bits per heavy atom. The summed E-state index contributed by atoms with van der Waals surface area (Å²) in [5, 5.41) is 12.4. The maximum atomic E-state index is 11.0. The number of fused-ring (bicyclic) bond motifs is 1. The number of aromatic nitrogens is 1. The Balaban J connectivity index is 2.30. The highest BCUT2D eigenvalue weighted by molar-refractivity contribution is 9.09. The third-order valence-electron chi connectivity index (χ3n) is 2.69. The first kappa shape index (κ1) is 13.7. The van der Waals surface area contributed by atoms with Gasteiger partial charge in [-0.1, -0.05) is 15.9 Å². The van der Waals surface area contributed by atoms with Crippen molar-refractivity contribution >= 4 is 32.5 Å². The Labute approximate surface area is 118 Å². The molecule has 0 amide bonds. The summed E-state index contributed by atoms with van der Waals surface area (Å²) < 4.78 is 5.65. The number of non-ortho nitro benzene ring substituents is 1. The molecule has 6 heteroatoms. The SMILES string of the molecule is O=[N+]([O-])c1ccc(OCCCCBr)c2ncccc12. The van der Waals surface area contributed by atoms with Crippen molar-refractivity contribution in [2.45, 2.75) is 12.8 Å². The summed E-state index contributed by atoms with van der Waals surface area (Å²) in [6.45, 7) is 0.578. The van der Waals surface area contributed by atoms with Crippen LogP contribution in [0.5, 0.6) is 5.75 Å². The first-order valence-corrected chi connectivity index (χ1v) is 7.07. The van der Waals surface area contributed by atoms with Crippen molar-refractivity contribution in [3.05, 3.63) is 40.6 Å². The molecule has 1 aromatic heterocycles. The standard InChI is InChI=1S/C13H13BrN2O3/c14-7-1-2-9-19-12-6-5-11(16(17)18)10-4-3-8-15-13(10)12/h3-6,8H,1-2,7,9H2. The van der Waals surface area contributed by atoms with Crippen LogP contribution in [0.25, 0.3) is 10.9 Å². The smallest absolute Gasteiger partial charge is 0.279 e. The zero-order valence-corrected chi connectivity index (χ0v) is 11.8. The number of rotatable bonds is 6. The van der Waals surface area contributed by atoms with Gasteiger partial charge in [-0.05, 0) is 31.0 Å². The molecule has 0 atom stereocenters. The van der Waals surface area contributed by atoms with E-state index in [2.05, 4.69) is 20.9 Å². The molecule has 100 valence electrons. The fraction of sp³-hybridized carbons (Fsp3) is 0.308. The van der Waals surface area contributed by atoms with Crippen LogP contribution in [0.1, 0.15) is 12.8 Å². The molecule has 0 fully saturated rings. The molecule has 2 aromatic rings. The summed E-state index contributed by atoms with van der Waals surface area (Å²) in [6, 6.07) is 6.45. The maximum absolute atomic E-state index is 11.0. The van der Waals surface area contributed by atoms with Gasteiger partial charge in [-0.3, -0.25) is 15.1 Å². The quantitative estimate of drug-likeness (QED) is 0.352. The number of pyridine rings is 1. The molecule has 0 unspecified atom stereocenters. The molecule has 0 bridgehead atoms. The lowest BCUT2D eigenvalue weighted by Gasteiger charge is -2.08. The minimum absolute atomic E-state index is 0.0518. The second-order valence-electron chi connectivity index (χ2n) is 3.98. The molecule has 0 aliphatic rings. The fourth-order valence-electron chi connectivity index (χ4n) is 1.79. The van der Waals surface area contributed by atoms with Crippen LogP contribution in [0, 0.1) is 10.1 Å². The summed E-state index contributed by atoms with van der Waals surface area (Å²) in [6.07, 6.45) is 3.56. The Hall–Kier alpha value is -1.69. The van der Waals surface area contributed by atoms with Crippen LogP contribution < -0.4 is 4.74 Å². The van der Waals surface area contributed by atoms with Crippen LogP contribution in [-0.2, 0) is 0 Å². The van der Waals surface area contributed by atoms with Crippen molar-refractivity contribution in [2.24, 2.45) is 0 Å². The summed E-state index contributed by atoms with van der Waals surface area (Å²) in [4.78, 5) is 14.7. The van der Waals surface area contributed by atoms with E-state index in [-0.39, 0.29) is 5.69 Å². The van der Waals surface area contributed by atoms with Crippen LogP contribution in [0.15, 0.2) is 30.5 Å². The molecular formula is C13H13BrN2O3. The number of nitro groups is 1. The lowest BCUT2D eigenvalue weighted by atomic mass is 10.1. The summed E-state index contributed by atoms with van der Waals surface area (Å²) in [5.74, 6) is 0.593. The Morgan fingerprint density at radius 1 is 1.32 bits per heavy atom. The van der Waals surface area contributed by atoms with Gasteiger partial charge in [-0.25, -0.2) is 0 Å². The van der Waals surface area contributed by atoms with Crippen molar-refractivity contribution in [1.82, 2.24) is 4.98 Å². The third-order valence-corrected chi connectivity index (χ3v) is 3.25. The number of benzene rings is 1. The van der Waals surface area contributed by atoms with E-state index in [9.17, 15) is 10.1 Å². The Bertz CT molecular complexity index is 589. The molecule has 0 saturated carbocycles. The van der Waals surface area contributed by atoms with Crippen molar-refractivity contribution in [3.63, 3.8) is 0 Å². The van der Waals surface area contributed by atoms with Gasteiger partial charge in [-0.2, -0.15) is 0 Å². The van der Waals surface area contributed by atoms with Gasteiger partial charge in [0.2, 0.25) is 0 Å². The second kappa shape index (κ2) is 6.47. The normalized spacial score (nSPS) is 10.6. The van der Waals surface area contributed by atoms with Gasteiger partial charge >= 0.3 is 0 Å². The van der Waals surface area contributed by atoms with Crippen molar-refractivity contribution in [3.8, 4) is 5.75 Å². The largest absolute Gasteiger partial charge is 0.491 e. The van der Waals surface area contributed by atoms with Gasteiger partial charge in [0.15, 0.2) is 0 Å². The number of hydrogen-bond acceptors (Lipinski definition) is 4. The maximum Gasteiger partial charge on any atom is 0.279 e. The monoisotopic (exact) mass is 324 g/mol. The number of alkyl halides is 1. The predicted molar refractivity (Wildman–Crippen MR) is 76.9 cm³/mol. The van der Waals surface area contributed by atoms with Gasteiger partial charge in [0.05, 0.1) is 16.9 Å². The van der Waals surface area contributed by atoms with E-state index in [0.717, 1.165) is 18.2 Å². The van der Waals surface area contributed by atoms with E-state index >= 15 is 0 Å². The molecule has 0 aliphatic carbocycles. The van der Waals surface area contributed by atoms with Gasteiger partial charge in [-0.15, -0.1) is 0 Å². The first-order chi connectivity index (χ1) is 9.24. The number of nitrogens with zero attached hydrogens (tertiary/aromatic N) is 2. The lowest BCUT2D eigenvalue weighted by molar-refractivity contribution is -0.383. The molecule has 0 saturated heterocycles. The molecule has 5 nitrogen and oxygen atoms in total. The molecule has 0 radical (unpaired) electrons. The Morgan fingerprint density at radius 3 is 2.89 bits per heavy atom. The van der Waals surface area contributed by atoms with Crippen molar-refractivity contribution < 1.29 is 9.66 Å². The highest BCUT2D eigenvalue weighted by Gasteiger charge is 2.15. The number of hydrogen-bond donors (Lipinski definition) is 0. The molecule has 1 heterocycles. The molecule has 1 aromatic carbocycles.